The first-order chi connectivity index (χ1) is 13.7. The highest BCUT2D eigenvalue weighted by molar-refractivity contribution is 7.91. The number of sulfone groups is 1. The van der Waals surface area contributed by atoms with Crippen LogP contribution in [0.3, 0.4) is 0 Å². The van der Waals surface area contributed by atoms with Gasteiger partial charge in [0.15, 0.2) is 9.84 Å². The van der Waals surface area contributed by atoms with Gasteiger partial charge in [0.1, 0.15) is 0 Å². The molecule has 10 heteroatoms. The number of carbonyl (C=O) groups is 1. The third kappa shape index (κ3) is 5.78. The molecule has 0 aromatic heterocycles. The Labute approximate surface area is 173 Å². The van der Waals surface area contributed by atoms with Gasteiger partial charge in [0.2, 0.25) is 15.9 Å². The van der Waals surface area contributed by atoms with Crippen LogP contribution in [0.2, 0.25) is 0 Å². The monoisotopic (exact) mass is 443 g/mol. The zero-order valence-corrected chi connectivity index (χ0v) is 18.3. The van der Waals surface area contributed by atoms with Crippen molar-refractivity contribution in [1.29, 1.82) is 0 Å². The normalized spacial score (nSPS) is 23.1. The number of carbonyl (C=O) groups excluding carboxylic acids is 1. The SMILES string of the molecule is CCCc1ccc(S(=O)(=O)N2CCN(CC(=O)N[C@@H]3CCS(=O)(=O)C3)CC2)cc1. The minimum Gasteiger partial charge on any atom is -0.351 e. The van der Waals surface area contributed by atoms with E-state index in [1.165, 1.54) is 4.31 Å². The van der Waals surface area contributed by atoms with Crippen LogP contribution in [0.15, 0.2) is 29.2 Å². The molecule has 2 heterocycles. The van der Waals surface area contributed by atoms with Gasteiger partial charge < -0.3 is 5.32 Å². The lowest BCUT2D eigenvalue weighted by Gasteiger charge is -2.33. The van der Waals surface area contributed by atoms with Gasteiger partial charge in [-0.1, -0.05) is 25.5 Å². The van der Waals surface area contributed by atoms with E-state index in [1.54, 1.807) is 12.1 Å². The van der Waals surface area contributed by atoms with Crippen LogP contribution in [0.25, 0.3) is 0 Å². The third-order valence-corrected chi connectivity index (χ3v) is 9.08. The van der Waals surface area contributed by atoms with Gasteiger partial charge in [-0.2, -0.15) is 4.31 Å². The number of piperazine rings is 1. The first-order valence-corrected chi connectivity index (χ1v) is 13.3. The van der Waals surface area contributed by atoms with Crippen LogP contribution in [-0.2, 0) is 31.1 Å². The smallest absolute Gasteiger partial charge is 0.243 e. The number of sulfonamides is 1. The van der Waals surface area contributed by atoms with Crippen molar-refractivity contribution >= 4 is 25.8 Å². The molecule has 2 fully saturated rings. The van der Waals surface area contributed by atoms with Crippen LogP contribution in [0.1, 0.15) is 25.3 Å². The Morgan fingerprint density at radius 3 is 2.34 bits per heavy atom. The molecular formula is C19H29N3O5S2. The van der Waals surface area contributed by atoms with E-state index in [0.717, 1.165) is 18.4 Å². The summed E-state index contributed by atoms with van der Waals surface area (Å²) in [4.78, 5) is 14.4. The molecule has 2 saturated heterocycles. The number of nitrogens with one attached hydrogen (secondary N) is 1. The van der Waals surface area contributed by atoms with Gasteiger partial charge >= 0.3 is 0 Å². The Balaban J connectivity index is 1.49. The van der Waals surface area contributed by atoms with Crippen LogP contribution >= 0.6 is 0 Å². The maximum absolute atomic E-state index is 12.8. The van der Waals surface area contributed by atoms with Crippen molar-refractivity contribution in [3.05, 3.63) is 29.8 Å². The molecule has 1 aromatic rings. The maximum atomic E-state index is 12.8. The summed E-state index contributed by atoms with van der Waals surface area (Å²) in [5.74, 6) is -0.0923. The quantitative estimate of drug-likeness (QED) is 0.648. The second-order valence-corrected chi connectivity index (χ2v) is 11.9. The fourth-order valence-corrected chi connectivity index (χ4v) is 6.87. The van der Waals surface area contributed by atoms with E-state index in [4.69, 9.17) is 0 Å². The van der Waals surface area contributed by atoms with E-state index in [1.807, 2.05) is 17.0 Å². The van der Waals surface area contributed by atoms with Gasteiger partial charge in [0.25, 0.3) is 0 Å². The molecule has 1 atom stereocenters. The summed E-state index contributed by atoms with van der Waals surface area (Å²) >= 11 is 0. The average Bonchev–Trinajstić information content (AvgIpc) is 3.01. The van der Waals surface area contributed by atoms with Crippen LogP contribution in [-0.4, -0.2) is 82.2 Å². The molecule has 3 rings (SSSR count). The van der Waals surface area contributed by atoms with Crippen molar-refractivity contribution in [3.8, 4) is 0 Å². The fraction of sp³-hybridized carbons (Fsp3) is 0.632. The lowest BCUT2D eigenvalue weighted by molar-refractivity contribution is -0.123. The predicted molar refractivity (Wildman–Crippen MR) is 111 cm³/mol. The molecule has 0 spiro atoms. The largest absolute Gasteiger partial charge is 0.351 e. The number of aryl methyl sites for hydroxylation is 1. The first-order valence-electron chi connectivity index (χ1n) is 10.0. The number of nitrogens with zero attached hydrogens (tertiary/aromatic N) is 2. The summed E-state index contributed by atoms with van der Waals surface area (Å²) in [6.45, 7) is 3.80. The molecule has 2 aliphatic rings. The first kappa shape index (κ1) is 22.2. The van der Waals surface area contributed by atoms with Crippen LogP contribution < -0.4 is 5.32 Å². The summed E-state index contributed by atoms with van der Waals surface area (Å²) in [6, 6.07) is 6.73. The van der Waals surface area contributed by atoms with Crippen LogP contribution in [0, 0.1) is 0 Å². The summed E-state index contributed by atoms with van der Waals surface area (Å²) in [5, 5.41) is 2.77. The van der Waals surface area contributed by atoms with Crippen LogP contribution in [0.5, 0.6) is 0 Å². The van der Waals surface area contributed by atoms with Gasteiger partial charge in [-0.15, -0.1) is 0 Å². The van der Waals surface area contributed by atoms with E-state index >= 15 is 0 Å². The molecule has 29 heavy (non-hydrogen) atoms. The van der Waals surface area contributed by atoms with E-state index < -0.39 is 19.9 Å². The van der Waals surface area contributed by atoms with Crippen molar-refractivity contribution in [1.82, 2.24) is 14.5 Å². The Hall–Kier alpha value is -1.49. The van der Waals surface area contributed by atoms with Crippen molar-refractivity contribution in [2.75, 3.05) is 44.2 Å². The van der Waals surface area contributed by atoms with Gasteiger partial charge in [0.05, 0.1) is 22.9 Å². The van der Waals surface area contributed by atoms with E-state index in [9.17, 15) is 21.6 Å². The predicted octanol–water partition coefficient (Wildman–Crippen LogP) is 0.249. The minimum atomic E-state index is -3.54. The molecule has 0 unspecified atom stereocenters. The highest BCUT2D eigenvalue weighted by atomic mass is 32.2. The Morgan fingerprint density at radius 1 is 1.14 bits per heavy atom. The van der Waals surface area contributed by atoms with E-state index in [0.29, 0.717) is 37.5 Å². The van der Waals surface area contributed by atoms with Crippen molar-refractivity contribution in [2.45, 2.75) is 37.1 Å². The number of hydrogen-bond acceptors (Lipinski definition) is 6. The van der Waals surface area contributed by atoms with Gasteiger partial charge in [0, 0.05) is 32.2 Å². The number of benzene rings is 1. The lowest BCUT2D eigenvalue weighted by Crippen LogP contribution is -2.51. The van der Waals surface area contributed by atoms with Crippen molar-refractivity contribution in [3.63, 3.8) is 0 Å². The Morgan fingerprint density at radius 2 is 1.79 bits per heavy atom. The standard InChI is InChI=1S/C19H29N3O5S2/c1-2-3-16-4-6-18(7-5-16)29(26,27)22-11-9-21(10-12-22)14-19(23)20-17-8-13-28(24,25)15-17/h4-7,17H,2-3,8-15H2,1H3,(H,20,23)/t17-/m1/s1. The molecule has 162 valence electrons. The topological polar surface area (TPSA) is 104 Å². The van der Waals surface area contributed by atoms with Crippen LogP contribution in [0.4, 0.5) is 0 Å². The van der Waals surface area contributed by atoms with E-state index in [-0.39, 0.29) is 30.0 Å². The third-order valence-electron chi connectivity index (χ3n) is 5.40. The number of amides is 1. The molecule has 0 radical (unpaired) electrons. The van der Waals surface area contributed by atoms with Crippen molar-refractivity contribution in [2.24, 2.45) is 0 Å². The molecule has 0 saturated carbocycles. The maximum Gasteiger partial charge on any atom is 0.243 e. The number of rotatable bonds is 7. The molecule has 1 aromatic carbocycles. The van der Waals surface area contributed by atoms with E-state index in [2.05, 4.69) is 12.2 Å². The lowest BCUT2D eigenvalue weighted by atomic mass is 10.1. The Kier molecular flexibility index (Phi) is 6.98. The second-order valence-electron chi connectivity index (χ2n) is 7.74. The molecule has 0 aliphatic carbocycles. The zero-order chi connectivity index (χ0) is 21.1. The molecule has 2 aliphatic heterocycles. The summed E-state index contributed by atoms with van der Waals surface area (Å²) in [5.41, 5.74) is 1.12. The molecule has 1 N–H and O–H groups in total. The average molecular weight is 444 g/mol. The summed E-state index contributed by atoms with van der Waals surface area (Å²) in [6.07, 6.45) is 2.39. The zero-order valence-electron chi connectivity index (χ0n) is 16.7. The van der Waals surface area contributed by atoms with Gasteiger partial charge in [-0.05, 0) is 30.5 Å². The molecule has 8 nitrogen and oxygen atoms in total. The second kappa shape index (κ2) is 9.11. The summed E-state index contributed by atoms with van der Waals surface area (Å²) in [7, 11) is -6.57. The van der Waals surface area contributed by atoms with Gasteiger partial charge in [-0.25, -0.2) is 16.8 Å². The van der Waals surface area contributed by atoms with Gasteiger partial charge in [-0.3, -0.25) is 9.69 Å². The highest BCUT2D eigenvalue weighted by Crippen LogP contribution is 2.19. The Bertz CT molecular complexity index is 921. The van der Waals surface area contributed by atoms with Crippen molar-refractivity contribution < 1.29 is 21.6 Å². The summed E-state index contributed by atoms with van der Waals surface area (Å²) < 4.78 is 50.1. The number of hydrogen-bond donors (Lipinski definition) is 1. The molecule has 1 amide bonds. The molecule has 0 bridgehead atoms. The fourth-order valence-electron chi connectivity index (χ4n) is 3.78. The highest BCUT2D eigenvalue weighted by Gasteiger charge is 2.31. The minimum absolute atomic E-state index is 0.00179. The molecular weight excluding hydrogens is 414 g/mol.